The number of sulfonamides is 1. The summed E-state index contributed by atoms with van der Waals surface area (Å²) in [6, 6.07) is 12.0. The lowest BCUT2D eigenvalue weighted by molar-refractivity contribution is 0.323. The molecule has 164 valence electrons. The standard InChI is InChI=1S/C21H22ClFN4O2S2/c22-16-12-20(31(28,29)26-21-24-8-11-30-21)17(23)13-18(16)25-19(14-27-9-4-5-10-27)15-6-2-1-3-7-15/h1-3,6-8,11-13,19,25H,4-5,9-10,14H2,(H,24,26)/t19-/m1/s1. The molecule has 1 atom stereocenters. The van der Waals surface area contributed by atoms with Crippen LogP contribution in [0, 0.1) is 5.82 Å². The Morgan fingerprint density at radius 1 is 1.19 bits per heavy atom. The quantitative estimate of drug-likeness (QED) is 0.475. The molecule has 0 radical (unpaired) electrons. The van der Waals surface area contributed by atoms with E-state index in [1.54, 1.807) is 5.38 Å². The second-order valence-corrected chi connectivity index (χ2v) is 10.3. The minimum Gasteiger partial charge on any atom is -0.376 e. The lowest BCUT2D eigenvalue weighted by Crippen LogP contribution is -2.29. The molecule has 1 aromatic heterocycles. The zero-order valence-electron chi connectivity index (χ0n) is 16.6. The van der Waals surface area contributed by atoms with E-state index in [0.29, 0.717) is 5.69 Å². The summed E-state index contributed by atoms with van der Waals surface area (Å²) < 4.78 is 42.3. The van der Waals surface area contributed by atoms with Crippen molar-refractivity contribution in [3.05, 3.63) is 70.4 Å². The van der Waals surface area contributed by atoms with Crippen LogP contribution >= 0.6 is 22.9 Å². The van der Waals surface area contributed by atoms with Gasteiger partial charge in [0, 0.05) is 18.1 Å². The molecule has 4 rings (SSSR count). The van der Waals surface area contributed by atoms with E-state index in [1.807, 2.05) is 30.3 Å². The van der Waals surface area contributed by atoms with Gasteiger partial charge in [0.25, 0.3) is 10.0 Å². The summed E-state index contributed by atoms with van der Waals surface area (Å²) in [4.78, 5) is 5.71. The third-order valence-corrected chi connectivity index (χ3v) is 7.62. The molecule has 1 fully saturated rings. The monoisotopic (exact) mass is 480 g/mol. The van der Waals surface area contributed by atoms with E-state index >= 15 is 0 Å². The molecular formula is C21H22ClFN4O2S2. The molecule has 1 saturated heterocycles. The second kappa shape index (κ2) is 9.52. The maximum absolute atomic E-state index is 14.9. The average molecular weight is 481 g/mol. The van der Waals surface area contributed by atoms with Gasteiger partial charge in [-0.05, 0) is 43.6 Å². The number of halogens is 2. The van der Waals surface area contributed by atoms with Crippen molar-refractivity contribution in [1.29, 1.82) is 0 Å². The van der Waals surface area contributed by atoms with Crippen molar-refractivity contribution in [2.45, 2.75) is 23.8 Å². The Morgan fingerprint density at radius 2 is 1.94 bits per heavy atom. The third kappa shape index (κ3) is 5.35. The normalized spacial score (nSPS) is 15.7. The molecule has 2 aromatic carbocycles. The molecule has 2 N–H and O–H groups in total. The van der Waals surface area contributed by atoms with E-state index in [9.17, 15) is 12.8 Å². The first-order valence-corrected chi connectivity index (χ1v) is 12.6. The SMILES string of the molecule is O=S(=O)(Nc1nccs1)c1cc(Cl)c(N[C@H](CN2CCCC2)c2ccccc2)cc1F. The number of hydrogen-bond donors (Lipinski definition) is 2. The average Bonchev–Trinajstić information content (AvgIpc) is 3.44. The number of benzene rings is 2. The largest absolute Gasteiger partial charge is 0.376 e. The van der Waals surface area contributed by atoms with Crippen LogP contribution in [0.1, 0.15) is 24.4 Å². The van der Waals surface area contributed by atoms with E-state index in [4.69, 9.17) is 11.6 Å². The van der Waals surface area contributed by atoms with Gasteiger partial charge in [-0.25, -0.2) is 17.8 Å². The molecule has 0 saturated carbocycles. The van der Waals surface area contributed by atoms with E-state index in [2.05, 4.69) is 19.9 Å². The lowest BCUT2D eigenvalue weighted by Gasteiger charge is -2.26. The first kappa shape index (κ1) is 22.0. The molecule has 10 heteroatoms. The number of rotatable bonds is 8. The summed E-state index contributed by atoms with van der Waals surface area (Å²) in [6.07, 6.45) is 3.79. The Morgan fingerprint density at radius 3 is 2.61 bits per heavy atom. The molecule has 0 spiro atoms. The number of nitrogens with zero attached hydrogens (tertiary/aromatic N) is 2. The Labute approximate surface area is 190 Å². The molecule has 6 nitrogen and oxygen atoms in total. The van der Waals surface area contributed by atoms with Gasteiger partial charge in [0.05, 0.1) is 16.8 Å². The molecule has 0 amide bonds. The lowest BCUT2D eigenvalue weighted by atomic mass is 10.1. The number of nitrogens with one attached hydrogen (secondary N) is 2. The van der Waals surface area contributed by atoms with E-state index in [-0.39, 0.29) is 16.2 Å². The predicted octanol–water partition coefficient (Wildman–Crippen LogP) is 4.99. The van der Waals surface area contributed by atoms with Gasteiger partial charge in [0.1, 0.15) is 10.7 Å². The minimum absolute atomic E-state index is 0.118. The van der Waals surface area contributed by atoms with Crippen molar-refractivity contribution in [2.24, 2.45) is 0 Å². The van der Waals surface area contributed by atoms with E-state index in [0.717, 1.165) is 61.5 Å². The highest BCUT2D eigenvalue weighted by atomic mass is 35.5. The number of hydrogen-bond acceptors (Lipinski definition) is 6. The summed E-state index contributed by atoms with van der Waals surface area (Å²) in [5.41, 5.74) is 1.40. The van der Waals surface area contributed by atoms with Crippen LogP contribution in [0.2, 0.25) is 5.02 Å². The summed E-state index contributed by atoms with van der Waals surface area (Å²) in [5.74, 6) is -0.885. The highest BCUT2D eigenvalue weighted by molar-refractivity contribution is 7.93. The third-order valence-electron chi connectivity index (χ3n) is 5.14. The van der Waals surface area contributed by atoms with Crippen LogP contribution in [0.4, 0.5) is 15.2 Å². The van der Waals surface area contributed by atoms with Gasteiger partial charge in [0.15, 0.2) is 5.13 Å². The summed E-state index contributed by atoms with van der Waals surface area (Å²) >= 11 is 7.49. The summed E-state index contributed by atoms with van der Waals surface area (Å²) in [5, 5.41) is 5.23. The molecular weight excluding hydrogens is 459 g/mol. The second-order valence-electron chi connectivity index (χ2n) is 7.32. The van der Waals surface area contributed by atoms with Gasteiger partial charge in [-0.3, -0.25) is 4.72 Å². The highest BCUT2D eigenvalue weighted by Gasteiger charge is 2.24. The maximum Gasteiger partial charge on any atom is 0.266 e. The van der Waals surface area contributed by atoms with Crippen molar-refractivity contribution in [1.82, 2.24) is 9.88 Å². The van der Waals surface area contributed by atoms with E-state index < -0.39 is 20.7 Å². The van der Waals surface area contributed by atoms with Crippen LogP contribution < -0.4 is 10.0 Å². The van der Waals surface area contributed by atoms with E-state index in [1.165, 1.54) is 6.20 Å². The molecule has 2 heterocycles. The maximum atomic E-state index is 14.9. The van der Waals surface area contributed by atoms with Crippen LogP contribution in [0.15, 0.2) is 58.9 Å². The van der Waals surface area contributed by atoms with Gasteiger partial charge >= 0.3 is 0 Å². The van der Waals surface area contributed by atoms with Crippen LogP contribution in [0.5, 0.6) is 0 Å². The predicted molar refractivity (Wildman–Crippen MR) is 123 cm³/mol. The zero-order valence-corrected chi connectivity index (χ0v) is 19.0. The number of anilines is 2. The van der Waals surface area contributed by atoms with Crippen LogP contribution in [0.25, 0.3) is 0 Å². The van der Waals surface area contributed by atoms with Crippen molar-refractivity contribution < 1.29 is 12.8 Å². The van der Waals surface area contributed by atoms with Crippen LogP contribution in [-0.2, 0) is 10.0 Å². The fourth-order valence-electron chi connectivity index (χ4n) is 3.62. The van der Waals surface area contributed by atoms with Gasteiger partial charge in [-0.15, -0.1) is 11.3 Å². The molecule has 3 aromatic rings. The molecule has 0 bridgehead atoms. The van der Waals surface area contributed by atoms with Crippen molar-refractivity contribution in [3.63, 3.8) is 0 Å². The summed E-state index contributed by atoms with van der Waals surface area (Å²) in [6.45, 7) is 2.78. The molecule has 1 aliphatic heterocycles. The smallest absolute Gasteiger partial charge is 0.266 e. The summed E-state index contributed by atoms with van der Waals surface area (Å²) in [7, 11) is -4.15. The molecule has 0 unspecified atom stereocenters. The molecule has 0 aliphatic carbocycles. The van der Waals surface area contributed by atoms with Crippen molar-refractivity contribution in [2.75, 3.05) is 29.7 Å². The zero-order chi connectivity index (χ0) is 21.8. The number of likely N-dealkylation sites (tertiary alicyclic amines) is 1. The van der Waals surface area contributed by atoms with Crippen LogP contribution in [0.3, 0.4) is 0 Å². The molecule has 31 heavy (non-hydrogen) atoms. The first-order valence-electron chi connectivity index (χ1n) is 9.87. The van der Waals surface area contributed by atoms with Crippen molar-refractivity contribution >= 4 is 43.8 Å². The van der Waals surface area contributed by atoms with Gasteiger partial charge in [-0.2, -0.15) is 0 Å². The van der Waals surface area contributed by atoms with Gasteiger partial charge < -0.3 is 10.2 Å². The van der Waals surface area contributed by atoms with Gasteiger partial charge in [-0.1, -0.05) is 41.9 Å². The Hall–Kier alpha value is -2.20. The fourth-order valence-corrected chi connectivity index (χ4v) is 5.78. The molecule has 1 aliphatic rings. The minimum atomic E-state index is -4.15. The van der Waals surface area contributed by atoms with Gasteiger partial charge in [0.2, 0.25) is 0 Å². The number of aromatic nitrogens is 1. The Bertz CT molecular complexity index is 1120. The van der Waals surface area contributed by atoms with Crippen molar-refractivity contribution in [3.8, 4) is 0 Å². The fraction of sp³-hybridized carbons (Fsp3) is 0.286. The first-order chi connectivity index (χ1) is 14.9. The highest BCUT2D eigenvalue weighted by Crippen LogP contribution is 2.32. The topological polar surface area (TPSA) is 74.3 Å². The van der Waals surface area contributed by atoms with Crippen LogP contribution in [-0.4, -0.2) is 37.9 Å². The number of thiazole rings is 1. The Kier molecular flexibility index (Phi) is 6.76. The Balaban J connectivity index is 1.60.